The van der Waals surface area contributed by atoms with Gasteiger partial charge in [0, 0.05) is 20.6 Å². The van der Waals surface area contributed by atoms with Crippen LogP contribution in [0, 0.1) is 0 Å². The highest BCUT2D eigenvalue weighted by atomic mass is 32.4. The summed E-state index contributed by atoms with van der Waals surface area (Å²) in [4.78, 5) is 49.4. The summed E-state index contributed by atoms with van der Waals surface area (Å²) in [6.07, 6.45) is -3.98. The molecule has 3 aliphatic rings. The molecule has 3 saturated heterocycles. The minimum atomic E-state index is -2.64. The highest BCUT2D eigenvalue weighted by molar-refractivity contribution is 8.01. The molecule has 3 aliphatic heterocycles. The number of hydrogen-bond donors (Lipinski definition) is 6. The van der Waals surface area contributed by atoms with E-state index in [1.165, 1.54) is 56.8 Å². The van der Waals surface area contributed by atoms with Crippen LogP contribution in [0.3, 0.4) is 0 Å². The number of carbonyl (C=O) groups is 1. The molecule has 9 N–H and O–H groups in total. The normalized spacial score (nSPS) is 29.9. The van der Waals surface area contributed by atoms with Crippen molar-refractivity contribution < 1.29 is 61.9 Å². The monoisotopic (exact) mass is 995 g/mol. The number of aliphatic hydroxyl groups excluding tert-OH is 2. The highest BCUT2D eigenvalue weighted by Crippen LogP contribution is 2.45. The fraction of sp³-hybridized carbons (Fsp3) is 0.529. The van der Waals surface area contributed by atoms with Gasteiger partial charge in [0.25, 0.3) is 0 Å². The number of aliphatic carboxylic acids is 1. The fourth-order valence-corrected chi connectivity index (χ4v) is 10.9. The second-order valence-electron chi connectivity index (χ2n) is 15.0. The van der Waals surface area contributed by atoms with Gasteiger partial charge in [0.1, 0.15) is 84.4 Å². The zero-order valence-electron chi connectivity index (χ0n) is 34.6. The van der Waals surface area contributed by atoms with E-state index in [4.69, 9.17) is 82.6 Å². The topological polar surface area (TPSA) is 370 Å². The summed E-state index contributed by atoms with van der Waals surface area (Å²) in [5.74, 6) is -0.599. The summed E-state index contributed by atoms with van der Waals surface area (Å²) >= 11 is 11.5. The molecule has 0 amide bonds. The van der Waals surface area contributed by atoms with Gasteiger partial charge >= 0.3 is 5.97 Å². The second-order valence-corrected chi connectivity index (χ2v) is 19.1. The maximum Gasteiger partial charge on any atom is 0.303 e. The van der Waals surface area contributed by atoms with Crippen molar-refractivity contribution in [1.82, 2.24) is 58.6 Å². The van der Waals surface area contributed by atoms with E-state index in [2.05, 4.69) is 44.9 Å². The summed E-state index contributed by atoms with van der Waals surface area (Å²) in [6.45, 7) is -0.440. The van der Waals surface area contributed by atoms with E-state index in [0.29, 0.717) is 33.5 Å². The fourth-order valence-electron chi connectivity index (χ4n) is 8.17. The van der Waals surface area contributed by atoms with Crippen molar-refractivity contribution in [1.29, 1.82) is 0 Å². The molecule has 32 heteroatoms. The van der Waals surface area contributed by atoms with Gasteiger partial charge in [0.2, 0.25) is 0 Å². The lowest BCUT2D eigenvalue weighted by Gasteiger charge is -2.26. The maximum atomic E-state index is 11.6. The van der Waals surface area contributed by atoms with Gasteiger partial charge in [-0.3, -0.25) is 18.5 Å². The van der Waals surface area contributed by atoms with Crippen LogP contribution < -0.4 is 17.2 Å². The summed E-state index contributed by atoms with van der Waals surface area (Å²) in [6, 6.07) is 0. The number of nitrogen functional groups attached to an aromatic ring is 3. The predicted octanol–water partition coefficient (Wildman–Crippen LogP) is -0.623. The standard InChI is InChI=1S/C34H43N15O13P2S2/c1-54-22-13(3-4-16(50)51)58-33(48-11-45-18-27(36)39-8-42-30(18)48)24(22)61-64(66)57-6-15-23(55-2)25(34(60-15)49-12-46-19-28(37)40-9-43-31(19)49)62-63(65)56-5-14-20(52)21(53)32(59-14)47-10-44-17-26(35)38-7-41-29(17)47/h7-15,20-25,32-34,52-53,63-64H,3-6H2,1-2H3,(H,50,51)(H2,35,38,41)(H2,36,39,42)(H2,37,40,43)/t13-,14-,15-,20-,21-,22-,23-,24-,25-,32-,33-,34-/m1/s1. The molecule has 3 fully saturated rings. The summed E-state index contributed by atoms with van der Waals surface area (Å²) in [7, 11) is -2.35. The molecule has 0 radical (unpaired) electrons. The average Bonchev–Trinajstić information content (AvgIpc) is 4.16. The number of anilines is 3. The number of aliphatic hydroxyl groups is 2. The van der Waals surface area contributed by atoms with Crippen molar-refractivity contribution >= 4 is 94.8 Å². The molecule has 0 aliphatic carbocycles. The summed E-state index contributed by atoms with van der Waals surface area (Å²) < 4.78 is 60.4. The van der Waals surface area contributed by atoms with Crippen LogP contribution in [0.2, 0.25) is 0 Å². The van der Waals surface area contributed by atoms with Crippen LogP contribution in [-0.4, -0.2) is 162 Å². The number of carboxylic acid groups (broad SMARTS) is 1. The van der Waals surface area contributed by atoms with Crippen molar-refractivity contribution in [3.8, 4) is 0 Å². The molecule has 28 nitrogen and oxygen atoms in total. The Morgan fingerprint density at radius 2 is 1.03 bits per heavy atom. The number of carboxylic acids is 1. The number of hydrogen-bond acceptors (Lipinski definition) is 26. The molecule has 0 saturated carbocycles. The molecular formula is C34H43N15O13P2S2. The SMILES string of the molecule is CO[C@H]1[C@@H](O[PH](=S)OC[C@H]2O[C@@H](n3cnc4c(N)ncnc43)[C@H](O[PH](=S)OC[C@H]3O[C@@H](n4cnc5c(N)ncnc54)[C@H](O)[C@@H]3O)[C@@H]2OC)[C@H](n2cnc3c(N)ncnc32)O[C@@H]1CCC(=O)O. The molecule has 6 aromatic rings. The highest BCUT2D eigenvalue weighted by Gasteiger charge is 2.51. The molecule has 6 aromatic heterocycles. The van der Waals surface area contributed by atoms with E-state index < -0.39 is 93.9 Å². The maximum absolute atomic E-state index is 11.6. The second kappa shape index (κ2) is 19.5. The molecule has 66 heavy (non-hydrogen) atoms. The average molecular weight is 996 g/mol. The molecule has 0 aromatic carbocycles. The molecule has 9 heterocycles. The third-order valence-electron chi connectivity index (χ3n) is 11.3. The molecule has 0 bridgehead atoms. The van der Waals surface area contributed by atoms with E-state index in [9.17, 15) is 20.1 Å². The van der Waals surface area contributed by atoms with Gasteiger partial charge in [-0.15, -0.1) is 0 Å². The Morgan fingerprint density at radius 3 is 1.48 bits per heavy atom. The third kappa shape index (κ3) is 8.83. The Kier molecular flexibility index (Phi) is 13.8. The largest absolute Gasteiger partial charge is 0.481 e. The predicted molar refractivity (Wildman–Crippen MR) is 234 cm³/mol. The van der Waals surface area contributed by atoms with Crippen molar-refractivity contribution in [2.75, 3.05) is 44.6 Å². The van der Waals surface area contributed by atoms with Crippen molar-refractivity contribution in [3.63, 3.8) is 0 Å². The Bertz CT molecular complexity index is 2770. The van der Waals surface area contributed by atoms with Crippen LogP contribution in [0.5, 0.6) is 0 Å². The zero-order chi connectivity index (χ0) is 46.4. The zero-order valence-corrected chi connectivity index (χ0v) is 38.2. The van der Waals surface area contributed by atoms with E-state index in [1.807, 2.05) is 0 Å². The molecule has 14 atom stereocenters. The van der Waals surface area contributed by atoms with Crippen LogP contribution in [0.1, 0.15) is 31.5 Å². The molecule has 9 rings (SSSR count). The number of nitrogens with zero attached hydrogens (tertiary/aromatic N) is 12. The van der Waals surface area contributed by atoms with E-state index in [-0.39, 0.29) is 43.5 Å². The van der Waals surface area contributed by atoms with E-state index in [0.717, 1.165) is 0 Å². The van der Waals surface area contributed by atoms with Gasteiger partial charge in [-0.05, 0) is 30.0 Å². The van der Waals surface area contributed by atoms with Crippen LogP contribution in [0.4, 0.5) is 17.5 Å². The summed E-state index contributed by atoms with van der Waals surface area (Å²) in [5.41, 5.74) is 20.0. The van der Waals surface area contributed by atoms with Crippen molar-refractivity contribution in [3.05, 3.63) is 38.0 Å². The van der Waals surface area contributed by atoms with Crippen LogP contribution >= 0.6 is 14.3 Å². The molecule has 2 unspecified atom stereocenters. The first-order valence-electron chi connectivity index (χ1n) is 19.9. The van der Waals surface area contributed by atoms with Gasteiger partial charge in [-0.1, -0.05) is 0 Å². The smallest absolute Gasteiger partial charge is 0.303 e. The Hall–Kier alpha value is -4.62. The Morgan fingerprint density at radius 1 is 0.621 bits per heavy atom. The lowest BCUT2D eigenvalue weighted by atomic mass is 10.1. The first kappa shape index (κ1) is 46.5. The number of methoxy groups -OCH3 is 2. The van der Waals surface area contributed by atoms with Crippen LogP contribution in [0.25, 0.3) is 33.5 Å². The lowest BCUT2D eigenvalue weighted by molar-refractivity contribution is -0.138. The van der Waals surface area contributed by atoms with Gasteiger partial charge in [0.15, 0.2) is 67.4 Å². The number of ether oxygens (including phenoxy) is 5. The molecule has 0 spiro atoms. The molecule has 354 valence electrons. The van der Waals surface area contributed by atoms with Gasteiger partial charge in [-0.2, -0.15) is 0 Å². The number of nitrogens with two attached hydrogens (primary N) is 3. The quantitative estimate of drug-likeness (QED) is 0.0584. The van der Waals surface area contributed by atoms with E-state index in [1.54, 1.807) is 9.13 Å². The van der Waals surface area contributed by atoms with Gasteiger partial charge in [-0.25, -0.2) is 44.9 Å². The minimum Gasteiger partial charge on any atom is -0.481 e. The Labute approximate surface area is 383 Å². The van der Waals surface area contributed by atoms with Crippen molar-refractivity contribution in [2.45, 2.75) is 86.5 Å². The first-order valence-corrected chi connectivity index (χ1v) is 24.8. The number of aromatic nitrogens is 12. The van der Waals surface area contributed by atoms with Crippen LogP contribution in [0.15, 0.2) is 38.0 Å². The number of rotatable bonds is 18. The first-order chi connectivity index (χ1) is 31.9. The number of imidazole rings is 3. The molecular weight excluding hydrogens is 953 g/mol. The lowest BCUT2D eigenvalue weighted by Crippen LogP contribution is -2.37. The van der Waals surface area contributed by atoms with Crippen molar-refractivity contribution in [2.24, 2.45) is 0 Å². The number of fused-ring (bicyclic) bond motifs is 3. The third-order valence-corrected chi connectivity index (χ3v) is 14.3. The summed E-state index contributed by atoms with van der Waals surface area (Å²) in [5, 5.41) is 31.4. The van der Waals surface area contributed by atoms with E-state index >= 15 is 0 Å². The minimum absolute atomic E-state index is 0.101. The van der Waals surface area contributed by atoms with Gasteiger partial charge in [0.05, 0.1) is 38.3 Å². The van der Waals surface area contributed by atoms with Crippen LogP contribution in [-0.2, 0) is 70.2 Å². The Balaban J connectivity index is 0.908. The van der Waals surface area contributed by atoms with Gasteiger partial charge < -0.3 is 74.3 Å².